The van der Waals surface area contributed by atoms with Crippen LogP contribution in [-0.4, -0.2) is 68.3 Å². The van der Waals surface area contributed by atoms with E-state index in [-0.39, 0.29) is 28.1 Å². The third kappa shape index (κ3) is 6.34. The fourth-order valence-corrected chi connectivity index (χ4v) is 5.54. The number of carbonyl (C=O) groups is 3. The SMILES string of the molecule is CC(C)(C)OC(=O)NN(C(=O)c1cnc2[nH]ccc2c1Cl)C1CCC2(CC1)CCN(C(=O)OC(C)(C)C)C2. The molecule has 11 heteroatoms. The van der Waals surface area contributed by atoms with Crippen LogP contribution in [0.3, 0.4) is 0 Å². The molecule has 4 rings (SSSR count). The molecule has 1 spiro atoms. The molecule has 2 N–H and O–H groups in total. The van der Waals surface area contributed by atoms with Crippen molar-refractivity contribution in [2.45, 2.75) is 90.9 Å². The van der Waals surface area contributed by atoms with Gasteiger partial charge in [0.15, 0.2) is 0 Å². The maximum atomic E-state index is 13.8. The topological polar surface area (TPSA) is 117 Å². The molecule has 0 unspecified atom stereocenters. The molecule has 0 radical (unpaired) electrons. The van der Waals surface area contributed by atoms with Crippen LogP contribution in [0, 0.1) is 5.41 Å². The predicted octanol–water partition coefficient (Wildman–Crippen LogP) is 5.67. The number of fused-ring (bicyclic) bond motifs is 1. The molecule has 0 aromatic carbocycles. The average molecular weight is 548 g/mol. The van der Waals surface area contributed by atoms with Crippen LogP contribution in [-0.2, 0) is 9.47 Å². The number of halogens is 1. The van der Waals surface area contributed by atoms with Crippen molar-refractivity contribution >= 4 is 40.7 Å². The predicted molar refractivity (Wildman–Crippen MR) is 144 cm³/mol. The van der Waals surface area contributed by atoms with Crippen molar-refractivity contribution in [3.05, 3.63) is 29.0 Å². The number of hydrogen-bond donors (Lipinski definition) is 2. The Morgan fingerprint density at radius 2 is 1.76 bits per heavy atom. The fraction of sp³-hybridized carbons (Fsp3) is 0.630. The van der Waals surface area contributed by atoms with Crippen LogP contribution in [0.25, 0.3) is 11.0 Å². The molecule has 3 amide bonds. The summed E-state index contributed by atoms with van der Waals surface area (Å²) in [6.07, 6.45) is 5.93. The molecular formula is C27H38ClN5O5. The van der Waals surface area contributed by atoms with Crippen LogP contribution in [0.4, 0.5) is 9.59 Å². The quantitative estimate of drug-likeness (QED) is 0.468. The Morgan fingerprint density at radius 3 is 2.39 bits per heavy atom. The smallest absolute Gasteiger partial charge is 0.426 e. The van der Waals surface area contributed by atoms with Crippen molar-refractivity contribution in [2.75, 3.05) is 13.1 Å². The maximum Gasteiger partial charge on any atom is 0.426 e. The Hall–Kier alpha value is -3.01. The third-order valence-corrected chi connectivity index (χ3v) is 7.46. The summed E-state index contributed by atoms with van der Waals surface area (Å²) in [6.45, 7) is 12.2. The van der Waals surface area contributed by atoms with E-state index in [0.717, 1.165) is 19.3 Å². The van der Waals surface area contributed by atoms with Crippen molar-refractivity contribution < 1.29 is 23.9 Å². The first-order valence-electron chi connectivity index (χ1n) is 13.1. The Labute approximate surface area is 228 Å². The van der Waals surface area contributed by atoms with Crippen LogP contribution >= 0.6 is 11.6 Å². The minimum absolute atomic E-state index is 0.0305. The number of aromatic amines is 1. The zero-order chi connectivity index (χ0) is 27.9. The molecule has 1 aliphatic carbocycles. The molecule has 1 saturated carbocycles. The van der Waals surface area contributed by atoms with Crippen molar-refractivity contribution in [1.82, 2.24) is 25.3 Å². The number of carbonyl (C=O) groups excluding carboxylic acids is 3. The largest absolute Gasteiger partial charge is 0.444 e. The standard InChI is InChI=1S/C27H38ClN5O5/c1-25(2,3)37-23(35)31-33(22(34)19-15-30-21-18(20(19)28)9-13-29-21)17-7-10-27(11-8-17)12-14-32(16-27)24(36)38-26(4,5)6/h9,13,15,17H,7-8,10-12,14,16H2,1-6H3,(H,29,30)(H,31,35). The van der Waals surface area contributed by atoms with Gasteiger partial charge in [0.05, 0.1) is 16.6 Å². The van der Waals surface area contributed by atoms with Gasteiger partial charge >= 0.3 is 12.2 Å². The molecule has 2 aromatic rings. The zero-order valence-corrected chi connectivity index (χ0v) is 23.8. The van der Waals surface area contributed by atoms with E-state index in [1.165, 1.54) is 11.2 Å². The van der Waals surface area contributed by atoms with Gasteiger partial charge in [0.1, 0.15) is 16.8 Å². The summed E-state index contributed by atoms with van der Waals surface area (Å²) in [5.74, 6) is -0.445. The number of pyridine rings is 1. The Balaban J connectivity index is 1.50. The number of rotatable bonds is 2. The molecule has 38 heavy (non-hydrogen) atoms. The van der Waals surface area contributed by atoms with Gasteiger partial charge in [0, 0.05) is 30.9 Å². The Morgan fingerprint density at radius 1 is 1.11 bits per heavy atom. The van der Waals surface area contributed by atoms with Crippen molar-refractivity contribution in [3.63, 3.8) is 0 Å². The molecule has 1 saturated heterocycles. The summed E-state index contributed by atoms with van der Waals surface area (Å²) >= 11 is 6.59. The molecule has 2 aromatic heterocycles. The number of hydrogen-bond acceptors (Lipinski definition) is 6. The highest BCUT2D eigenvalue weighted by Gasteiger charge is 2.45. The van der Waals surface area contributed by atoms with Crippen molar-refractivity contribution in [2.24, 2.45) is 5.41 Å². The van der Waals surface area contributed by atoms with E-state index in [0.29, 0.717) is 37.0 Å². The highest BCUT2D eigenvalue weighted by molar-refractivity contribution is 6.38. The first kappa shape index (κ1) is 28.0. The lowest BCUT2D eigenvalue weighted by Crippen LogP contribution is -2.54. The van der Waals surface area contributed by atoms with E-state index in [1.807, 2.05) is 20.8 Å². The number of ether oxygens (including phenoxy) is 2. The van der Waals surface area contributed by atoms with Gasteiger partial charge in [-0.15, -0.1) is 0 Å². The fourth-order valence-electron chi connectivity index (χ4n) is 5.26. The van der Waals surface area contributed by atoms with Gasteiger partial charge in [-0.3, -0.25) is 4.79 Å². The summed E-state index contributed by atoms with van der Waals surface area (Å²) < 4.78 is 11.0. The van der Waals surface area contributed by atoms with Gasteiger partial charge in [-0.1, -0.05) is 11.6 Å². The average Bonchev–Trinajstić information content (AvgIpc) is 3.44. The lowest BCUT2D eigenvalue weighted by Gasteiger charge is -2.41. The van der Waals surface area contributed by atoms with Gasteiger partial charge in [-0.25, -0.2) is 25.0 Å². The minimum atomic E-state index is -0.729. The highest BCUT2D eigenvalue weighted by Crippen LogP contribution is 2.45. The number of aromatic nitrogens is 2. The van der Waals surface area contributed by atoms with Crippen LogP contribution in [0.1, 0.15) is 84.0 Å². The van der Waals surface area contributed by atoms with Gasteiger partial charge in [0.2, 0.25) is 0 Å². The zero-order valence-electron chi connectivity index (χ0n) is 23.0. The Bertz CT molecular complexity index is 1210. The molecule has 2 aliphatic rings. The van der Waals surface area contributed by atoms with Gasteiger partial charge in [-0.05, 0) is 85.1 Å². The Kier molecular flexibility index (Phi) is 7.58. The first-order valence-corrected chi connectivity index (χ1v) is 13.5. The summed E-state index contributed by atoms with van der Waals surface area (Å²) in [6, 6.07) is 1.49. The second kappa shape index (κ2) is 10.3. The molecule has 0 bridgehead atoms. The maximum absolute atomic E-state index is 13.8. The number of nitrogens with one attached hydrogen (secondary N) is 2. The van der Waals surface area contributed by atoms with Crippen LogP contribution < -0.4 is 5.43 Å². The van der Waals surface area contributed by atoms with Crippen LogP contribution in [0.5, 0.6) is 0 Å². The third-order valence-electron chi connectivity index (χ3n) is 7.05. The summed E-state index contributed by atoms with van der Waals surface area (Å²) in [5.41, 5.74) is 2.16. The molecule has 2 fully saturated rings. The molecule has 10 nitrogen and oxygen atoms in total. The highest BCUT2D eigenvalue weighted by atomic mass is 35.5. The second-order valence-corrected chi connectivity index (χ2v) is 12.8. The summed E-state index contributed by atoms with van der Waals surface area (Å²) in [4.78, 5) is 48.2. The number of hydrazine groups is 1. The number of likely N-dealkylation sites (tertiary alicyclic amines) is 1. The molecule has 1 aliphatic heterocycles. The van der Waals surface area contributed by atoms with Crippen LogP contribution in [0.2, 0.25) is 5.02 Å². The molecular weight excluding hydrogens is 510 g/mol. The van der Waals surface area contributed by atoms with E-state index in [1.54, 1.807) is 37.9 Å². The van der Waals surface area contributed by atoms with E-state index in [9.17, 15) is 14.4 Å². The van der Waals surface area contributed by atoms with Crippen molar-refractivity contribution in [3.8, 4) is 0 Å². The summed E-state index contributed by atoms with van der Waals surface area (Å²) in [7, 11) is 0. The lowest BCUT2D eigenvalue weighted by atomic mass is 9.72. The van der Waals surface area contributed by atoms with Gasteiger partial charge in [-0.2, -0.15) is 0 Å². The first-order chi connectivity index (χ1) is 17.7. The number of amides is 3. The van der Waals surface area contributed by atoms with E-state index in [4.69, 9.17) is 21.1 Å². The molecule has 208 valence electrons. The summed E-state index contributed by atoms with van der Waals surface area (Å²) in [5, 5.41) is 2.25. The second-order valence-electron chi connectivity index (χ2n) is 12.4. The molecule has 0 atom stereocenters. The van der Waals surface area contributed by atoms with E-state index < -0.39 is 23.2 Å². The van der Waals surface area contributed by atoms with Crippen molar-refractivity contribution in [1.29, 1.82) is 0 Å². The van der Waals surface area contributed by atoms with Gasteiger partial charge < -0.3 is 19.4 Å². The number of H-pyrrole nitrogens is 1. The monoisotopic (exact) mass is 547 g/mol. The van der Waals surface area contributed by atoms with E-state index >= 15 is 0 Å². The molecule has 3 heterocycles. The number of nitrogens with zero attached hydrogens (tertiary/aromatic N) is 3. The van der Waals surface area contributed by atoms with Crippen LogP contribution in [0.15, 0.2) is 18.5 Å². The lowest BCUT2D eigenvalue weighted by molar-refractivity contribution is 0.00940. The van der Waals surface area contributed by atoms with E-state index in [2.05, 4.69) is 15.4 Å². The minimum Gasteiger partial charge on any atom is -0.444 e. The normalized spacial score (nSPS) is 22.0. The van der Waals surface area contributed by atoms with Gasteiger partial charge in [0.25, 0.3) is 5.91 Å².